The van der Waals surface area contributed by atoms with Crippen LogP contribution in [-0.2, 0) is 10.4 Å². The van der Waals surface area contributed by atoms with Crippen LogP contribution in [0.5, 0.6) is 5.75 Å². The molecule has 3 nitrogen and oxygen atoms in total. The molecule has 1 unspecified atom stereocenters. The van der Waals surface area contributed by atoms with Gasteiger partial charge in [0.15, 0.2) is 0 Å². The molecule has 30 heavy (non-hydrogen) atoms. The van der Waals surface area contributed by atoms with Gasteiger partial charge in [-0.05, 0) is 35.4 Å². The Bertz CT molecular complexity index is 1140. The Morgan fingerprint density at radius 2 is 1.30 bits per heavy atom. The summed E-state index contributed by atoms with van der Waals surface area (Å²) in [6, 6.07) is 32.8. The van der Waals surface area contributed by atoms with Crippen molar-refractivity contribution in [3.05, 3.63) is 125 Å². The third-order valence-electron chi connectivity index (χ3n) is 4.96. The number of para-hydroxylation sites is 1. The first-order chi connectivity index (χ1) is 14.6. The van der Waals surface area contributed by atoms with Crippen LogP contribution in [0.25, 0.3) is 11.1 Å². The third kappa shape index (κ3) is 3.68. The smallest absolute Gasteiger partial charge is 0.357 e. The van der Waals surface area contributed by atoms with E-state index in [9.17, 15) is 9.90 Å². The molecule has 148 valence electrons. The third-order valence-corrected chi connectivity index (χ3v) is 5.21. The standard InChI is InChI=1S/C26H19ClO3/c27-21-17-15-20(16-18-21)26(25(28)29,30-22-11-5-2-6-12-22)24-14-8-7-13-23(24)19-9-3-1-4-10-19/h1-18H,(H,28,29). The Hall–Kier alpha value is -3.56. The van der Waals surface area contributed by atoms with Crippen molar-refractivity contribution in [2.24, 2.45) is 0 Å². The zero-order valence-corrected chi connectivity index (χ0v) is 16.8. The van der Waals surface area contributed by atoms with E-state index in [-0.39, 0.29) is 0 Å². The Balaban J connectivity index is 2.01. The van der Waals surface area contributed by atoms with Crippen molar-refractivity contribution in [1.29, 1.82) is 0 Å². The predicted molar refractivity (Wildman–Crippen MR) is 119 cm³/mol. The summed E-state index contributed by atoms with van der Waals surface area (Å²) in [4.78, 5) is 12.9. The van der Waals surface area contributed by atoms with Gasteiger partial charge in [-0.3, -0.25) is 0 Å². The number of benzene rings is 4. The molecule has 0 aliphatic carbocycles. The minimum Gasteiger partial charge on any atom is -0.478 e. The van der Waals surface area contributed by atoms with Crippen LogP contribution in [0.3, 0.4) is 0 Å². The van der Waals surface area contributed by atoms with E-state index in [1.54, 1.807) is 42.5 Å². The van der Waals surface area contributed by atoms with E-state index in [2.05, 4.69) is 0 Å². The van der Waals surface area contributed by atoms with Gasteiger partial charge < -0.3 is 9.84 Å². The number of rotatable bonds is 6. The largest absolute Gasteiger partial charge is 0.478 e. The molecule has 1 N–H and O–H groups in total. The molecule has 4 rings (SSSR count). The normalized spacial score (nSPS) is 12.7. The van der Waals surface area contributed by atoms with Crippen LogP contribution >= 0.6 is 11.6 Å². The molecule has 0 fully saturated rings. The molecule has 0 amide bonds. The second-order valence-corrected chi connectivity index (χ2v) is 7.26. The van der Waals surface area contributed by atoms with E-state index < -0.39 is 11.6 Å². The van der Waals surface area contributed by atoms with Crippen molar-refractivity contribution in [2.45, 2.75) is 5.60 Å². The number of carbonyl (C=O) groups is 1. The zero-order valence-electron chi connectivity index (χ0n) is 16.0. The lowest BCUT2D eigenvalue weighted by Crippen LogP contribution is -2.43. The quantitative estimate of drug-likeness (QED) is 0.396. The summed E-state index contributed by atoms with van der Waals surface area (Å²) >= 11 is 6.09. The van der Waals surface area contributed by atoms with E-state index in [0.717, 1.165) is 11.1 Å². The lowest BCUT2D eigenvalue weighted by molar-refractivity contribution is -0.152. The Morgan fingerprint density at radius 3 is 1.93 bits per heavy atom. The molecule has 4 heteroatoms. The van der Waals surface area contributed by atoms with E-state index >= 15 is 0 Å². The SMILES string of the molecule is O=C(O)C(Oc1ccccc1)(c1ccc(Cl)cc1)c1ccccc1-c1ccccc1. The highest BCUT2D eigenvalue weighted by Gasteiger charge is 2.46. The highest BCUT2D eigenvalue weighted by atomic mass is 35.5. The molecule has 1 atom stereocenters. The number of hydrogen-bond donors (Lipinski definition) is 1. The summed E-state index contributed by atoms with van der Waals surface area (Å²) in [6.45, 7) is 0. The van der Waals surface area contributed by atoms with E-state index in [1.807, 2.05) is 66.7 Å². The van der Waals surface area contributed by atoms with Crippen LogP contribution in [0, 0.1) is 0 Å². The minimum atomic E-state index is -1.77. The van der Waals surface area contributed by atoms with Crippen molar-refractivity contribution in [2.75, 3.05) is 0 Å². The van der Waals surface area contributed by atoms with Crippen molar-refractivity contribution in [3.8, 4) is 16.9 Å². The maximum absolute atomic E-state index is 12.9. The second kappa shape index (κ2) is 8.44. The van der Waals surface area contributed by atoms with Gasteiger partial charge in [-0.25, -0.2) is 4.79 Å². The number of aliphatic carboxylic acids is 1. The fraction of sp³-hybridized carbons (Fsp3) is 0.0385. The zero-order chi connectivity index (χ0) is 21.0. The van der Waals surface area contributed by atoms with Crippen LogP contribution in [0.2, 0.25) is 5.02 Å². The second-order valence-electron chi connectivity index (χ2n) is 6.82. The molecule has 0 radical (unpaired) electrons. The van der Waals surface area contributed by atoms with Crippen molar-refractivity contribution < 1.29 is 14.6 Å². The van der Waals surface area contributed by atoms with Gasteiger partial charge in [-0.2, -0.15) is 0 Å². The van der Waals surface area contributed by atoms with Gasteiger partial charge in [0.25, 0.3) is 5.60 Å². The van der Waals surface area contributed by atoms with Gasteiger partial charge in [0.05, 0.1) is 0 Å². The fourth-order valence-corrected chi connectivity index (χ4v) is 3.69. The van der Waals surface area contributed by atoms with Crippen LogP contribution < -0.4 is 4.74 Å². The van der Waals surface area contributed by atoms with Crippen LogP contribution in [0.1, 0.15) is 11.1 Å². The fourth-order valence-electron chi connectivity index (χ4n) is 3.56. The van der Waals surface area contributed by atoms with Gasteiger partial charge in [0.1, 0.15) is 5.75 Å². The summed E-state index contributed by atoms with van der Waals surface area (Å²) < 4.78 is 6.30. The summed E-state index contributed by atoms with van der Waals surface area (Å²) in [5, 5.41) is 11.1. The van der Waals surface area contributed by atoms with Crippen LogP contribution in [0.15, 0.2) is 109 Å². The number of halogens is 1. The molecule has 0 heterocycles. The lowest BCUT2D eigenvalue weighted by atomic mass is 9.81. The Labute approximate surface area is 180 Å². The molecular formula is C26H19ClO3. The molecule has 0 aliphatic rings. The maximum atomic E-state index is 12.9. The number of hydrogen-bond acceptors (Lipinski definition) is 2. The number of carboxylic acids is 1. The van der Waals surface area contributed by atoms with Crippen molar-refractivity contribution in [1.82, 2.24) is 0 Å². The molecule has 0 saturated heterocycles. The summed E-state index contributed by atoms with van der Waals surface area (Å²) in [5.74, 6) is -0.658. The average molecular weight is 415 g/mol. The molecule has 0 aliphatic heterocycles. The van der Waals surface area contributed by atoms with E-state index in [4.69, 9.17) is 16.3 Å². The first kappa shape index (κ1) is 19.7. The summed E-state index contributed by atoms with van der Waals surface area (Å²) in [5.41, 5.74) is 0.940. The van der Waals surface area contributed by atoms with Crippen molar-refractivity contribution >= 4 is 17.6 Å². The highest BCUT2D eigenvalue weighted by molar-refractivity contribution is 6.30. The van der Waals surface area contributed by atoms with Gasteiger partial charge >= 0.3 is 5.97 Å². The molecule has 0 saturated carbocycles. The van der Waals surface area contributed by atoms with Crippen LogP contribution in [-0.4, -0.2) is 11.1 Å². The first-order valence-corrected chi connectivity index (χ1v) is 9.87. The molecule has 4 aromatic carbocycles. The maximum Gasteiger partial charge on any atom is 0.357 e. The predicted octanol–water partition coefficient (Wildman–Crippen LogP) is 6.41. The lowest BCUT2D eigenvalue weighted by Gasteiger charge is -2.33. The highest BCUT2D eigenvalue weighted by Crippen LogP contribution is 2.41. The van der Waals surface area contributed by atoms with Gasteiger partial charge in [-0.15, -0.1) is 0 Å². The molecule has 0 spiro atoms. The molecule has 0 aromatic heterocycles. The van der Waals surface area contributed by atoms with Gasteiger partial charge in [0, 0.05) is 16.1 Å². The first-order valence-electron chi connectivity index (χ1n) is 9.50. The number of carboxylic acid groups (broad SMARTS) is 1. The minimum absolute atomic E-state index is 0.456. The van der Waals surface area contributed by atoms with Crippen LogP contribution in [0.4, 0.5) is 0 Å². The molecule has 0 bridgehead atoms. The van der Waals surface area contributed by atoms with Gasteiger partial charge in [0.2, 0.25) is 0 Å². The summed E-state index contributed by atoms with van der Waals surface area (Å²) in [7, 11) is 0. The Morgan fingerprint density at radius 1 is 0.733 bits per heavy atom. The van der Waals surface area contributed by atoms with E-state index in [0.29, 0.717) is 21.9 Å². The average Bonchev–Trinajstić information content (AvgIpc) is 2.79. The summed E-state index contributed by atoms with van der Waals surface area (Å²) in [6.07, 6.45) is 0. The molecule has 4 aromatic rings. The Kier molecular flexibility index (Phi) is 5.55. The van der Waals surface area contributed by atoms with E-state index in [1.165, 1.54) is 0 Å². The van der Waals surface area contributed by atoms with Crippen molar-refractivity contribution in [3.63, 3.8) is 0 Å². The molecular weight excluding hydrogens is 396 g/mol. The monoisotopic (exact) mass is 414 g/mol. The number of ether oxygens (including phenoxy) is 1. The topological polar surface area (TPSA) is 46.5 Å². The van der Waals surface area contributed by atoms with Gasteiger partial charge in [-0.1, -0.05) is 96.5 Å².